The number of hydrogen-bond donors (Lipinski definition) is 2. The predicted molar refractivity (Wildman–Crippen MR) is 102 cm³/mol. The molecule has 2 aromatic carbocycles. The van der Waals surface area contributed by atoms with Crippen molar-refractivity contribution < 1.29 is 24.0 Å². The average molecular weight is 387 g/mol. The Morgan fingerprint density at radius 2 is 1.71 bits per heavy atom. The van der Waals surface area contributed by atoms with Gasteiger partial charge in [-0.25, -0.2) is 0 Å². The van der Waals surface area contributed by atoms with Crippen LogP contribution in [0.1, 0.15) is 17.3 Å². The lowest BCUT2D eigenvalue weighted by molar-refractivity contribution is -0.384. The molecular formula is C19H21N3O6. The molecule has 2 amide bonds. The van der Waals surface area contributed by atoms with Crippen molar-refractivity contribution in [3.05, 3.63) is 64.2 Å². The van der Waals surface area contributed by atoms with E-state index < -0.39 is 16.7 Å². The van der Waals surface area contributed by atoms with Crippen molar-refractivity contribution in [1.29, 1.82) is 0 Å². The van der Waals surface area contributed by atoms with Crippen molar-refractivity contribution in [3.63, 3.8) is 0 Å². The fourth-order valence-electron chi connectivity index (χ4n) is 2.24. The molecule has 0 aliphatic heterocycles. The van der Waals surface area contributed by atoms with E-state index in [2.05, 4.69) is 10.6 Å². The van der Waals surface area contributed by atoms with Crippen LogP contribution in [0.15, 0.2) is 48.5 Å². The number of nitro benzene ring substituents is 1. The fraction of sp³-hybridized carbons (Fsp3) is 0.263. The summed E-state index contributed by atoms with van der Waals surface area (Å²) < 4.78 is 10.8. The summed E-state index contributed by atoms with van der Waals surface area (Å²) in [5, 5.41) is 15.8. The summed E-state index contributed by atoms with van der Waals surface area (Å²) in [6, 6.07) is 12.4. The van der Waals surface area contributed by atoms with Gasteiger partial charge < -0.3 is 20.1 Å². The Kier molecular flexibility index (Phi) is 7.77. The van der Waals surface area contributed by atoms with Gasteiger partial charge in [-0.1, -0.05) is 6.07 Å². The number of benzene rings is 2. The van der Waals surface area contributed by atoms with Crippen LogP contribution in [0.5, 0.6) is 11.5 Å². The van der Waals surface area contributed by atoms with E-state index in [9.17, 15) is 19.7 Å². The average Bonchev–Trinajstić information content (AvgIpc) is 2.71. The van der Waals surface area contributed by atoms with Crippen molar-refractivity contribution in [1.82, 2.24) is 10.6 Å². The van der Waals surface area contributed by atoms with Crippen molar-refractivity contribution in [3.8, 4) is 11.5 Å². The third kappa shape index (κ3) is 6.60. The Morgan fingerprint density at radius 1 is 1.04 bits per heavy atom. The normalized spacial score (nSPS) is 10.0. The Balaban J connectivity index is 1.67. The van der Waals surface area contributed by atoms with Crippen LogP contribution in [0.3, 0.4) is 0 Å². The molecule has 0 aliphatic rings. The van der Waals surface area contributed by atoms with E-state index in [-0.39, 0.29) is 30.9 Å². The van der Waals surface area contributed by atoms with Gasteiger partial charge >= 0.3 is 0 Å². The van der Waals surface area contributed by atoms with Crippen LogP contribution < -0.4 is 20.1 Å². The molecule has 0 saturated carbocycles. The lowest BCUT2D eigenvalue weighted by Crippen LogP contribution is -2.38. The first-order valence-electron chi connectivity index (χ1n) is 8.64. The Labute approximate surface area is 161 Å². The van der Waals surface area contributed by atoms with Crippen LogP contribution in [0.2, 0.25) is 0 Å². The molecular weight excluding hydrogens is 366 g/mol. The van der Waals surface area contributed by atoms with Gasteiger partial charge in [-0.05, 0) is 37.3 Å². The quantitative estimate of drug-likeness (QED) is 0.365. The van der Waals surface area contributed by atoms with Crippen molar-refractivity contribution in [2.24, 2.45) is 0 Å². The second-order valence-corrected chi connectivity index (χ2v) is 5.59. The number of nitrogens with one attached hydrogen (secondary N) is 2. The molecule has 0 heterocycles. The highest BCUT2D eigenvalue weighted by molar-refractivity contribution is 5.96. The third-order valence-corrected chi connectivity index (χ3v) is 3.56. The molecule has 2 N–H and O–H groups in total. The zero-order valence-electron chi connectivity index (χ0n) is 15.3. The van der Waals surface area contributed by atoms with E-state index in [0.29, 0.717) is 12.4 Å². The van der Waals surface area contributed by atoms with Gasteiger partial charge in [0.05, 0.1) is 24.6 Å². The number of rotatable bonds is 10. The number of ether oxygens (including phenoxy) is 2. The molecule has 0 fully saturated rings. The fourth-order valence-corrected chi connectivity index (χ4v) is 2.24. The minimum absolute atomic E-state index is 0.112. The zero-order valence-corrected chi connectivity index (χ0v) is 15.3. The maximum atomic E-state index is 12.0. The first kappa shape index (κ1) is 20.7. The van der Waals surface area contributed by atoms with Gasteiger partial charge in [0, 0.05) is 17.7 Å². The van der Waals surface area contributed by atoms with Crippen LogP contribution in [-0.2, 0) is 4.79 Å². The largest absolute Gasteiger partial charge is 0.494 e. The summed E-state index contributed by atoms with van der Waals surface area (Å²) in [7, 11) is 0. The van der Waals surface area contributed by atoms with Crippen LogP contribution in [0, 0.1) is 10.1 Å². The molecule has 28 heavy (non-hydrogen) atoms. The molecule has 2 rings (SSSR count). The molecule has 0 saturated heterocycles. The van der Waals surface area contributed by atoms with Gasteiger partial charge in [-0.15, -0.1) is 0 Å². The molecule has 0 bridgehead atoms. The smallest absolute Gasteiger partial charge is 0.270 e. The Bertz CT molecular complexity index is 823. The molecule has 9 heteroatoms. The number of carbonyl (C=O) groups is 2. The molecule has 0 spiro atoms. The summed E-state index contributed by atoms with van der Waals surface area (Å²) in [6.07, 6.45) is 0. The summed E-state index contributed by atoms with van der Waals surface area (Å²) in [6.45, 7) is 2.77. The van der Waals surface area contributed by atoms with Crippen LogP contribution >= 0.6 is 0 Å². The lowest BCUT2D eigenvalue weighted by atomic mass is 10.2. The SMILES string of the molecule is CCOc1ccc(OCCNC(=O)CNC(=O)c2cccc([N+](=O)[O-])c2)cc1. The van der Waals surface area contributed by atoms with Crippen molar-refractivity contribution in [2.45, 2.75) is 6.92 Å². The number of nitrogens with zero attached hydrogens (tertiary/aromatic N) is 1. The zero-order chi connectivity index (χ0) is 20.4. The molecule has 0 aliphatic carbocycles. The summed E-state index contributed by atoms with van der Waals surface area (Å²) >= 11 is 0. The topological polar surface area (TPSA) is 120 Å². The molecule has 0 unspecified atom stereocenters. The van der Waals surface area contributed by atoms with Crippen LogP contribution in [0.4, 0.5) is 5.69 Å². The van der Waals surface area contributed by atoms with E-state index in [4.69, 9.17) is 9.47 Å². The summed E-state index contributed by atoms with van der Waals surface area (Å²) in [5.74, 6) is 0.442. The minimum atomic E-state index is -0.589. The number of hydrogen-bond acceptors (Lipinski definition) is 6. The second kappa shape index (κ2) is 10.5. The van der Waals surface area contributed by atoms with Gasteiger partial charge in [0.15, 0.2) is 0 Å². The number of carbonyl (C=O) groups excluding carboxylic acids is 2. The van der Waals surface area contributed by atoms with E-state index in [1.807, 2.05) is 6.92 Å². The first-order chi connectivity index (χ1) is 13.5. The molecule has 0 radical (unpaired) electrons. The molecule has 0 aromatic heterocycles. The maximum absolute atomic E-state index is 12.0. The second-order valence-electron chi connectivity index (χ2n) is 5.59. The maximum Gasteiger partial charge on any atom is 0.270 e. The van der Waals surface area contributed by atoms with Gasteiger partial charge in [-0.2, -0.15) is 0 Å². The monoisotopic (exact) mass is 387 g/mol. The van der Waals surface area contributed by atoms with E-state index in [1.165, 1.54) is 18.2 Å². The number of amides is 2. The molecule has 2 aromatic rings. The highest BCUT2D eigenvalue weighted by atomic mass is 16.6. The minimum Gasteiger partial charge on any atom is -0.494 e. The van der Waals surface area contributed by atoms with E-state index in [1.54, 1.807) is 24.3 Å². The standard InChI is InChI=1S/C19H21N3O6/c1-2-27-16-6-8-17(9-7-16)28-11-10-20-18(23)13-21-19(24)14-4-3-5-15(12-14)22(25)26/h3-9,12H,2,10-11,13H2,1H3,(H,20,23)(H,21,24). The van der Waals surface area contributed by atoms with Crippen molar-refractivity contribution >= 4 is 17.5 Å². The Morgan fingerprint density at radius 3 is 2.36 bits per heavy atom. The third-order valence-electron chi connectivity index (χ3n) is 3.56. The highest BCUT2D eigenvalue weighted by Gasteiger charge is 2.12. The lowest BCUT2D eigenvalue weighted by Gasteiger charge is -2.09. The molecule has 9 nitrogen and oxygen atoms in total. The van der Waals surface area contributed by atoms with Crippen LogP contribution in [-0.4, -0.2) is 43.0 Å². The van der Waals surface area contributed by atoms with E-state index >= 15 is 0 Å². The molecule has 0 atom stereocenters. The predicted octanol–water partition coefficient (Wildman–Crippen LogP) is 1.92. The first-order valence-corrected chi connectivity index (χ1v) is 8.64. The Hall–Kier alpha value is -3.62. The van der Waals surface area contributed by atoms with Crippen molar-refractivity contribution in [2.75, 3.05) is 26.3 Å². The van der Waals surface area contributed by atoms with E-state index in [0.717, 1.165) is 11.8 Å². The van der Waals surface area contributed by atoms with Gasteiger partial charge in [0.1, 0.15) is 18.1 Å². The number of nitro groups is 1. The number of non-ortho nitro benzene ring substituents is 1. The van der Waals surface area contributed by atoms with Gasteiger partial charge in [-0.3, -0.25) is 19.7 Å². The highest BCUT2D eigenvalue weighted by Crippen LogP contribution is 2.17. The summed E-state index contributed by atoms with van der Waals surface area (Å²) in [5.41, 5.74) is -0.0793. The van der Waals surface area contributed by atoms with Gasteiger partial charge in [0.2, 0.25) is 5.91 Å². The van der Waals surface area contributed by atoms with Gasteiger partial charge in [0.25, 0.3) is 11.6 Å². The molecule has 148 valence electrons. The summed E-state index contributed by atoms with van der Waals surface area (Å²) in [4.78, 5) is 33.9. The van der Waals surface area contributed by atoms with Crippen LogP contribution in [0.25, 0.3) is 0 Å².